The fourth-order valence-electron chi connectivity index (χ4n) is 1.40. The lowest BCUT2D eigenvalue weighted by atomic mass is 10.0. The predicted octanol–water partition coefficient (Wildman–Crippen LogP) is 0.323. The highest BCUT2D eigenvalue weighted by Crippen LogP contribution is 2.29. The van der Waals surface area contributed by atoms with Crippen LogP contribution in [0, 0.1) is 10.1 Å². The molecule has 2 rings (SSSR count). The monoisotopic (exact) mass is 213 g/mol. The number of aliphatic hydroxyl groups excluding tert-OH is 1. The lowest BCUT2D eigenvalue weighted by molar-refractivity contribution is -0.389. The zero-order valence-electron chi connectivity index (χ0n) is 8.38. The van der Waals surface area contributed by atoms with E-state index in [-0.39, 0.29) is 18.4 Å². The molecule has 1 aromatic rings. The number of imidazole rings is 1. The summed E-state index contributed by atoms with van der Waals surface area (Å²) in [6, 6.07) is 0.178. The maximum Gasteiger partial charge on any atom is 0.414 e. The van der Waals surface area contributed by atoms with Crippen molar-refractivity contribution in [3.05, 3.63) is 16.3 Å². The van der Waals surface area contributed by atoms with Crippen molar-refractivity contribution >= 4 is 5.82 Å². The van der Waals surface area contributed by atoms with E-state index in [1.54, 1.807) is 13.8 Å². The normalized spacial score (nSPS) is 23.0. The molecule has 1 aliphatic heterocycles. The molecule has 2 heterocycles. The third kappa shape index (κ3) is 1.54. The van der Waals surface area contributed by atoms with Crippen molar-refractivity contribution < 1.29 is 14.8 Å². The minimum absolute atomic E-state index is 0.178. The molecule has 7 nitrogen and oxygen atoms in total. The molecule has 0 aliphatic carbocycles. The van der Waals surface area contributed by atoms with Gasteiger partial charge in [0.05, 0.1) is 6.54 Å². The third-order valence-electron chi connectivity index (χ3n) is 2.44. The zero-order valence-corrected chi connectivity index (χ0v) is 8.38. The number of nitrogens with zero attached hydrogens (tertiary/aromatic N) is 3. The Morgan fingerprint density at radius 3 is 3.07 bits per heavy atom. The standard InChI is InChI=1S/C8H11N3O4/c1-8(2)5(12)3-10-4-6(11(13)14)9-7(10)15-8/h4-5,12H,3H2,1-2H3. The largest absolute Gasteiger partial charge is 0.437 e. The first-order valence-electron chi connectivity index (χ1n) is 4.49. The van der Waals surface area contributed by atoms with Crippen LogP contribution in [0.3, 0.4) is 0 Å². The van der Waals surface area contributed by atoms with Gasteiger partial charge in [0, 0.05) is 4.98 Å². The summed E-state index contributed by atoms with van der Waals surface area (Å²) in [5, 5.41) is 20.2. The topological polar surface area (TPSA) is 90.4 Å². The minimum Gasteiger partial charge on any atom is -0.437 e. The van der Waals surface area contributed by atoms with Crippen LogP contribution in [0.4, 0.5) is 5.82 Å². The minimum atomic E-state index is -0.769. The van der Waals surface area contributed by atoms with Gasteiger partial charge in [0.25, 0.3) is 0 Å². The van der Waals surface area contributed by atoms with Gasteiger partial charge in [0.2, 0.25) is 0 Å². The molecular formula is C8H11N3O4. The van der Waals surface area contributed by atoms with Crippen LogP contribution in [-0.2, 0) is 6.54 Å². The summed E-state index contributed by atoms with van der Waals surface area (Å²) in [6.07, 6.45) is 0.548. The highest BCUT2D eigenvalue weighted by atomic mass is 16.6. The van der Waals surface area contributed by atoms with Gasteiger partial charge in [-0.05, 0) is 18.8 Å². The van der Waals surface area contributed by atoms with E-state index >= 15 is 0 Å². The van der Waals surface area contributed by atoms with Gasteiger partial charge >= 0.3 is 11.8 Å². The maximum atomic E-state index is 10.5. The number of nitro groups is 1. The molecule has 7 heteroatoms. The van der Waals surface area contributed by atoms with Gasteiger partial charge in [0.15, 0.2) is 0 Å². The van der Waals surface area contributed by atoms with Crippen molar-refractivity contribution in [3.8, 4) is 6.01 Å². The van der Waals surface area contributed by atoms with Crippen molar-refractivity contribution in [1.29, 1.82) is 0 Å². The summed E-state index contributed by atoms with van der Waals surface area (Å²) in [7, 11) is 0. The molecule has 82 valence electrons. The molecule has 0 spiro atoms. The first kappa shape index (κ1) is 9.91. The molecular weight excluding hydrogens is 202 g/mol. The van der Waals surface area contributed by atoms with E-state index in [4.69, 9.17) is 4.74 Å². The van der Waals surface area contributed by atoms with Gasteiger partial charge in [-0.25, -0.2) is 0 Å². The van der Waals surface area contributed by atoms with Crippen molar-refractivity contribution in [2.24, 2.45) is 0 Å². The molecule has 15 heavy (non-hydrogen) atoms. The summed E-state index contributed by atoms with van der Waals surface area (Å²) in [6.45, 7) is 3.67. The van der Waals surface area contributed by atoms with Gasteiger partial charge in [-0.2, -0.15) is 0 Å². The first-order chi connectivity index (χ1) is 6.90. The van der Waals surface area contributed by atoms with Gasteiger partial charge in [0.1, 0.15) is 17.9 Å². The van der Waals surface area contributed by atoms with Crippen LogP contribution in [0.25, 0.3) is 0 Å². The smallest absolute Gasteiger partial charge is 0.414 e. The Hall–Kier alpha value is -1.63. The number of aliphatic hydroxyl groups is 1. The summed E-state index contributed by atoms with van der Waals surface area (Å²) in [5.74, 6) is -0.269. The van der Waals surface area contributed by atoms with E-state index < -0.39 is 16.6 Å². The molecule has 1 unspecified atom stereocenters. The Morgan fingerprint density at radius 1 is 1.80 bits per heavy atom. The van der Waals surface area contributed by atoms with Gasteiger partial charge in [-0.1, -0.05) is 0 Å². The predicted molar refractivity (Wildman–Crippen MR) is 49.6 cm³/mol. The Morgan fingerprint density at radius 2 is 2.47 bits per heavy atom. The molecule has 1 aromatic heterocycles. The quantitative estimate of drug-likeness (QED) is 0.536. The molecule has 0 saturated heterocycles. The van der Waals surface area contributed by atoms with E-state index in [2.05, 4.69) is 4.98 Å². The molecule has 0 fully saturated rings. The molecule has 0 radical (unpaired) electrons. The fourth-order valence-corrected chi connectivity index (χ4v) is 1.40. The summed E-state index contributed by atoms with van der Waals surface area (Å²) in [4.78, 5) is 13.6. The number of rotatable bonds is 1. The fraction of sp³-hybridized carbons (Fsp3) is 0.625. The second kappa shape index (κ2) is 2.93. The molecule has 0 amide bonds. The van der Waals surface area contributed by atoms with Crippen molar-refractivity contribution in [2.45, 2.75) is 32.1 Å². The van der Waals surface area contributed by atoms with Gasteiger partial charge in [-0.15, -0.1) is 0 Å². The van der Waals surface area contributed by atoms with Gasteiger partial charge in [-0.3, -0.25) is 4.57 Å². The molecule has 0 saturated carbocycles. The number of aromatic nitrogens is 2. The number of hydrogen-bond acceptors (Lipinski definition) is 5. The molecule has 1 aliphatic rings. The van der Waals surface area contributed by atoms with Crippen LogP contribution < -0.4 is 4.74 Å². The molecule has 0 aromatic carbocycles. The van der Waals surface area contributed by atoms with Crippen LogP contribution in [-0.4, -0.2) is 31.3 Å². The first-order valence-corrected chi connectivity index (χ1v) is 4.49. The Kier molecular flexibility index (Phi) is 1.93. The summed E-state index contributed by atoms with van der Waals surface area (Å²) < 4.78 is 6.80. The highest BCUT2D eigenvalue weighted by Gasteiger charge is 2.39. The van der Waals surface area contributed by atoms with Crippen LogP contribution in [0.1, 0.15) is 13.8 Å². The highest BCUT2D eigenvalue weighted by molar-refractivity contribution is 5.22. The van der Waals surface area contributed by atoms with Crippen LogP contribution >= 0.6 is 0 Å². The average molecular weight is 213 g/mol. The third-order valence-corrected chi connectivity index (χ3v) is 2.44. The SMILES string of the molecule is CC1(C)Oc2nc([N+](=O)[O-])cn2CC1O. The zero-order chi connectivity index (χ0) is 11.2. The van der Waals surface area contributed by atoms with Crippen molar-refractivity contribution in [1.82, 2.24) is 9.55 Å². The van der Waals surface area contributed by atoms with Crippen LogP contribution in [0.5, 0.6) is 6.01 Å². The number of hydrogen-bond donors (Lipinski definition) is 1. The lowest BCUT2D eigenvalue weighted by Gasteiger charge is -2.33. The van der Waals surface area contributed by atoms with E-state index in [9.17, 15) is 15.2 Å². The maximum absolute atomic E-state index is 10.5. The van der Waals surface area contributed by atoms with E-state index in [0.717, 1.165) is 0 Å². The number of fused-ring (bicyclic) bond motifs is 1. The van der Waals surface area contributed by atoms with Crippen LogP contribution in [0.15, 0.2) is 6.20 Å². The van der Waals surface area contributed by atoms with Crippen molar-refractivity contribution in [2.75, 3.05) is 0 Å². The molecule has 0 bridgehead atoms. The van der Waals surface area contributed by atoms with E-state index in [0.29, 0.717) is 0 Å². The average Bonchev–Trinajstić information content (AvgIpc) is 2.47. The summed E-state index contributed by atoms with van der Waals surface area (Å²) in [5.41, 5.74) is -0.769. The summed E-state index contributed by atoms with van der Waals surface area (Å²) >= 11 is 0. The van der Waals surface area contributed by atoms with Gasteiger partial charge < -0.3 is 20.0 Å². The van der Waals surface area contributed by atoms with E-state index in [1.807, 2.05) is 0 Å². The Labute approximate surface area is 85.4 Å². The Balaban J connectivity index is 2.38. The van der Waals surface area contributed by atoms with Crippen LogP contribution in [0.2, 0.25) is 0 Å². The van der Waals surface area contributed by atoms with Crippen molar-refractivity contribution in [3.63, 3.8) is 0 Å². The molecule has 1 N–H and O–H groups in total. The second-order valence-corrected chi connectivity index (χ2v) is 4.01. The number of ether oxygens (including phenoxy) is 1. The van der Waals surface area contributed by atoms with E-state index in [1.165, 1.54) is 10.8 Å². The second-order valence-electron chi connectivity index (χ2n) is 4.01. The molecule has 1 atom stereocenters. The lowest BCUT2D eigenvalue weighted by Crippen LogP contribution is -2.48. The Bertz CT molecular complexity index is 412.